The van der Waals surface area contributed by atoms with Gasteiger partial charge >= 0.3 is 0 Å². The van der Waals surface area contributed by atoms with Gasteiger partial charge in [0.05, 0.1) is 52.4 Å². The predicted molar refractivity (Wildman–Crippen MR) is 85.6 cm³/mol. The fourth-order valence-electron chi connectivity index (χ4n) is 5.50. The molecule has 2 nitrogen and oxygen atoms in total. The van der Waals surface area contributed by atoms with Crippen molar-refractivity contribution in [2.75, 3.05) is 40.3 Å². The lowest BCUT2D eigenvalue weighted by Crippen LogP contribution is -3.00. The van der Waals surface area contributed by atoms with E-state index >= 15 is 0 Å². The number of nitrogens with zero attached hydrogens (tertiary/aromatic N) is 2. The molecule has 0 atom stereocenters. The molecule has 3 aliphatic rings. The smallest absolute Gasteiger partial charge is 0.0892 e. The molecule has 3 rings (SSSR count). The van der Waals surface area contributed by atoms with Crippen LogP contribution in [0.25, 0.3) is 0 Å². The van der Waals surface area contributed by atoms with Gasteiger partial charge in [0, 0.05) is 25.7 Å². The summed E-state index contributed by atoms with van der Waals surface area (Å²) in [6.07, 6.45) is 14.9. The van der Waals surface area contributed by atoms with Crippen LogP contribution in [0.4, 0.5) is 0 Å². The molecule has 0 amide bonds. The lowest BCUT2D eigenvalue weighted by molar-refractivity contribution is -0.952. The zero-order valence-electron chi connectivity index (χ0n) is 14.7. The van der Waals surface area contributed by atoms with Crippen molar-refractivity contribution in [3.63, 3.8) is 0 Å². The number of rotatable bonds is 2. The average Bonchev–Trinajstić information content (AvgIpc) is 2.49. The van der Waals surface area contributed by atoms with Gasteiger partial charge in [0.25, 0.3) is 0 Å². The van der Waals surface area contributed by atoms with Gasteiger partial charge in [-0.2, -0.15) is 0 Å². The van der Waals surface area contributed by atoms with E-state index in [9.17, 15) is 0 Å². The summed E-state index contributed by atoms with van der Waals surface area (Å²) in [6, 6.07) is 1.98. The van der Waals surface area contributed by atoms with Gasteiger partial charge in [0.15, 0.2) is 0 Å². The third-order valence-electron chi connectivity index (χ3n) is 7.11. The molecule has 3 fully saturated rings. The van der Waals surface area contributed by atoms with Gasteiger partial charge < -0.3 is 56.9 Å². The summed E-state index contributed by atoms with van der Waals surface area (Å²) in [5.41, 5.74) is 0. The summed E-state index contributed by atoms with van der Waals surface area (Å²) < 4.78 is 2.83. The summed E-state index contributed by atoms with van der Waals surface area (Å²) in [6.45, 7) is 5.84. The molecule has 2 aliphatic heterocycles. The molecule has 2 saturated heterocycles. The highest BCUT2D eigenvalue weighted by atomic mass is 127. The second-order valence-electron chi connectivity index (χ2n) is 8.44. The van der Waals surface area contributed by atoms with E-state index in [0.29, 0.717) is 0 Å². The lowest BCUT2D eigenvalue weighted by Gasteiger charge is -2.50. The summed E-state index contributed by atoms with van der Waals surface area (Å²) in [4.78, 5) is 0. The Kier molecular flexibility index (Phi) is 8.94. The van der Waals surface area contributed by atoms with E-state index in [2.05, 4.69) is 14.1 Å². The Morgan fingerprint density at radius 1 is 0.500 bits per heavy atom. The zero-order valence-corrected chi connectivity index (χ0v) is 19.0. The largest absolute Gasteiger partial charge is 1.00 e. The molecule has 0 unspecified atom stereocenters. The standard InChI is InChI=1S/C18H36N2.2HI/c1-19(13-5-3-6-14-19)17-9-11-18(12-10-17)20(2)15-7-4-8-16-20;;/h17-18H,3-16H2,1-2H3;2*1H/q+2;;/p-2/t17-,18-;;. The Morgan fingerprint density at radius 3 is 1.05 bits per heavy atom. The van der Waals surface area contributed by atoms with E-state index < -0.39 is 0 Å². The normalized spacial score (nSPS) is 34.1. The minimum absolute atomic E-state index is 0. The molecule has 22 heavy (non-hydrogen) atoms. The fourth-order valence-corrected chi connectivity index (χ4v) is 5.50. The first-order valence-electron chi connectivity index (χ1n) is 9.31. The molecule has 2 heterocycles. The van der Waals surface area contributed by atoms with Crippen molar-refractivity contribution in [3.05, 3.63) is 0 Å². The summed E-state index contributed by atoms with van der Waals surface area (Å²) in [7, 11) is 5.11. The van der Waals surface area contributed by atoms with Crippen LogP contribution in [-0.2, 0) is 0 Å². The highest BCUT2D eigenvalue weighted by Gasteiger charge is 2.42. The molecule has 132 valence electrons. The van der Waals surface area contributed by atoms with E-state index in [1.807, 2.05) is 0 Å². The predicted octanol–water partition coefficient (Wildman–Crippen LogP) is -2.43. The third-order valence-corrected chi connectivity index (χ3v) is 7.11. The van der Waals surface area contributed by atoms with E-state index in [0.717, 1.165) is 12.1 Å². The van der Waals surface area contributed by atoms with Crippen molar-refractivity contribution in [2.24, 2.45) is 0 Å². The topological polar surface area (TPSA) is 0 Å². The van der Waals surface area contributed by atoms with Crippen molar-refractivity contribution in [1.82, 2.24) is 0 Å². The maximum Gasteiger partial charge on any atom is 0.0892 e. The van der Waals surface area contributed by atoms with E-state index in [1.54, 1.807) is 0 Å². The Labute approximate surface area is 172 Å². The summed E-state index contributed by atoms with van der Waals surface area (Å²) in [5, 5.41) is 0. The summed E-state index contributed by atoms with van der Waals surface area (Å²) in [5.74, 6) is 0. The van der Waals surface area contributed by atoms with Crippen molar-refractivity contribution in [1.29, 1.82) is 0 Å². The van der Waals surface area contributed by atoms with Crippen LogP contribution in [0.3, 0.4) is 0 Å². The number of hydrogen-bond acceptors (Lipinski definition) is 0. The van der Waals surface area contributed by atoms with Gasteiger partial charge in [-0.1, -0.05) is 0 Å². The van der Waals surface area contributed by atoms with Crippen LogP contribution in [0.5, 0.6) is 0 Å². The number of piperidine rings is 2. The average molecular weight is 534 g/mol. The quantitative estimate of drug-likeness (QED) is 0.273. The highest BCUT2D eigenvalue weighted by molar-refractivity contribution is 4.76. The Bertz CT molecular complexity index is 283. The van der Waals surface area contributed by atoms with Gasteiger partial charge in [0.1, 0.15) is 0 Å². The molecular formula is C18H36I2N2. The first-order valence-corrected chi connectivity index (χ1v) is 9.31. The van der Waals surface area contributed by atoms with Crippen molar-refractivity contribution >= 4 is 0 Å². The van der Waals surface area contributed by atoms with Crippen LogP contribution >= 0.6 is 0 Å². The van der Waals surface area contributed by atoms with Gasteiger partial charge in [0.2, 0.25) is 0 Å². The molecule has 1 aliphatic carbocycles. The number of hydrogen-bond donors (Lipinski definition) is 0. The molecule has 0 radical (unpaired) electrons. The third kappa shape index (κ3) is 4.72. The molecule has 0 spiro atoms. The highest BCUT2D eigenvalue weighted by Crippen LogP contribution is 2.35. The van der Waals surface area contributed by atoms with Gasteiger partial charge in [-0.3, -0.25) is 0 Å². The second-order valence-corrected chi connectivity index (χ2v) is 8.44. The van der Waals surface area contributed by atoms with Crippen molar-refractivity contribution in [3.8, 4) is 0 Å². The Morgan fingerprint density at radius 2 is 0.773 bits per heavy atom. The number of likely N-dealkylation sites (tertiary alicyclic amines) is 2. The zero-order chi connectivity index (χ0) is 14.1. The van der Waals surface area contributed by atoms with Crippen LogP contribution in [0, 0.1) is 0 Å². The van der Waals surface area contributed by atoms with Crippen LogP contribution in [-0.4, -0.2) is 61.3 Å². The SMILES string of the molecule is C[N+]1([C@H]2CC[C@H]([N+]3(C)CCCCC3)CC2)CCCCC1.[I-].[I-]. The fraction of sp³-hybridized carbons (Fsp3) is 1.00. The van der Waals surface area contributed by atoms with Gasteiger partial charge in [-0.25, -0.2) is 0 Å². The van der Waals surface area contributed by atoms with Crippen LogP contribution < -0.4 is 48.0 Å². The van der Waals surface area contributed by atoms with Gasteiger partial charge in [-0.05, 0) is 38.5 Å². The molecule has 1 saturated carbocycles. The minimum atomic E-state index is 0. The van der Waals surface area contributed by atoms with E-state index in [4.69, 9.17) is 0 Å². The van der Waals surface area contributed by atoms with Crippen LogP contribution in [0.2, 0.25) is 0 Å². The molecule has 0 aromatic carbocycles. The molecule has 0 bridgehead atoms. The number of halogens is 2. The minimum Gasteiger partial charge on any atom is -1.00 e. The van der Waals surface area contributed by atoms with E-state index in [1.165, 1.54) is 99.4 Å². The molecule has 0 N–H and O–H groups in total. The van der Waals surface area contributed by atoms with Crippen molar-refractivity contribution < 1.29 is 56.9 Å². The Hall–Kier alpha value is 1.38. The number of quaternary nitrogens is 2. The molecule has 4 heteroatoms. The lowest BCUT2D eigenvalue weighted by atomic mass is 9.85. The maximum absolute atomic E-state index is 2.56. The van der Waals surface area contributed by atoms with Crippen molar-refractivity contribution in [2.45, 2.75) is 76.3 Å². The second kappa shape index (κ2) is 9.18. The van der Waals surface area contributed by atoms with Gasteiger partial charge in [-0.15, -0.1) is 0 Å². The van der Waals surface area contributed by atoms with E-state index in [-0.39, 0.29) is 48.0 Å². The molecule has 0 aromatic rings. The van der Waals surface area contributed by atoms with Crippen LogP contribution in [0.15, 0.2) is 0 Å². The molecular weight excluding hydrogens is 498 g/mol. The molecule has 0 aromatic heterocycles. The maximum atomic E-state index is 2.56. The summed E-state index contributed by atoms with van der Waals surface area (Å²) >= 11 is 0. The first-order chi connectivity index (χ1) is 9.62. The Balaban J connectivity index is 0.00000121. The van der Waals surface area contributed by atoms with Crippen LogP contribution in [0.1, 0.15) is 64.2 Å². The first kappa shape index (κ1) is 21.4. The monoisotopic (exact) mass is 534 g/mol.